The smallest absolute Gasteiger partial charge is 0.465 e. The number of esters is 2. The summed E-state index contributed by atoms with van der Waals surface area (Å²) in [5.74, 6) is -4.84. The van der Waals surface area contributed by atoms with Crippen LogP contribution < -0.4 is 26.6 Å². The van der Waals surface area contributed by atoms with Crippen LogP contribution in [0, 0.1) is 0 Å². The number of benzene rings is 3. The number of aromatic nitrogens is 4. The van der Waals surface area contributed by atoms with E-state index in [0.717, 1.165) is 11.1 Å². The summed E-state index contributed by atoms with van der Waals surface area (Å²) in [7, 11) is 1.25. The molecule has 1 fully saturated rings. The Hall–Kier alpha value is -7.09. The number of fused-ring (bicyclic) bond motifs is 1. The fourth-order valence-corrected chi connectivity index (χ4v) is 6.86. The first kappa shape index (κ1) is 43.5. The maximum absolute atomic E-state index is 13.6. The predicted molar refractivity (Wildman–Crippen MR) is 213 cm³/mol. The molecule has 6 rings (SSSR count). The molecule has 0 aliphatic heterocycles. The number of rotatable bonds is 15. The highest BCUT2D eigenvalue weighted by Gasteiger charge is 2.51. The molecule has 6 N–H and O–H groups in total. The van der Waals surface area contributed by atoms with Crippen LogP contribution in [0.2, 0.25) is 0 Å². The maximum atomic E-state index is 13.6. The minimum atomic E-state index is -5.37. The molecule has 320 valence electrons. The van der Waals surface area contributed by atoms with Crippen molar-refractivity contribution in [3.63, 3.8) is 0 Å². The number of aliphatic hydroxyl groups excluding tert-OH is 1. The number of anilines is 2. The summed E-state index contributed by atoms with van der Waals surface area (Å²) in [4.78, 5) is 75.6. The fourth-order valence-electron chi connectivity index (χ4n) is 6.86. The minimum Gasteiger partial charge on any atom is -0.465 e. The Balaban J connectivity index is 1.26. The van der Waals surface area contributed by atoms with Crippen LogP contribution in [0.5, 0.6) is 0 Å². The van der Waals surface area contributed by atoms with E-state index >= 15 is 0 Å². The van der Waals surface area contributed by atoms with Gasteiger partial charge in [0, 0.05) is 37.7 Å². The van der Waals surface area contributed by atoms with Crippen LogP contribution in [-0.4, -0.2) is 106 Å². The lowest BCUT2D eigenvalue weighted by Crippen LogP contribution is -2.47. The second-order valence-corrected chi connectivity index (χ2v) is 13.9. The Morgan fingerprint density at radius 1 is 0.902 bits per heavy atom. The zero-order chi connectivity index (χ0) is 43.7. The molecule has 5 aromatic rings. The molecule has 61 heavy (non-hydrogen) atoms. The molecule has 2 aromatic heterocycles. The third-order valence-electron chi connectivity index (χ3n) is 9.88. The molecule has 0 radical (unpaired) electrons. The van der Waals surface area contributed by atoms with Crippen molar-refractivity contribution in [3.05, 3.63) is 114 Å². The minimum absolute atomic E-state index is 0.00163. The molecule has 20 heteroatoms. The number of methoxy groups -OCH3 is 1. The molecular formula is C41H42F3N9O8. The van der Waals surface area contributed by atoms with Crippen molar-refractivity contribution in [2.75, 3.05) is 37.4 Å². The summed E-state index contributed by atoms with van der Waals surface area (Å²) in [6, 6.07) is 22.3. The number of nitrogens with one attached hydrogen (secondary N) is 5. The van der Waals surface area contributed by atoms with Gasteiger partial charge < -0.3 is 45.7 Å². The molecule has 4 amide bonds. The van der Waals surface area contributed by atoms with Crippen LogP contribution in [0.3, 0.4) is 0 Å². The first-order chi connectivity index (χ1) is 29.3. The number of alkyl halides is 3. The van der Waals surface area contributed by atoms with Crippen molar-refractivity contribution in [2.45, 2.75) is 56.2 Å². The van der Waals surface area contributed by atoms with Gasteiger partial charge in [0.25, 0.3) is 5.91 Å². The van der Waals surface area contributed by atoms with Crippen LogP contribution in [0.15, 0.2) is 91.3 Å². The van der Waals surface area contributed by atoms with Gasteiger partial charge in [0.1, 0.15) is 11.6 Å². The topological polar surface area (TPSA) is 228 Å². The second-order valence-electron chi connectivity index (χ2n) is 13.9. The van der Waals surface area contributed by atoms with E-state index in [2.05, 4.69) is 46.3 Å². The number of hydrogen-bond acceptors (Lipinski definition) is 12. The van der Waals surface area contributed by atoms with Gasteiger partial charge in [0.15, 0.2) is 17.6 Å². The van der Waals surface area contributed by atoms with Crippen molar-refractivity contribution in [1.82, 2.24) is 35.5 Å². The number of halogens is 3. The highest BCUT2D eigenvalue weighted by atomic mass is 19.4. The quantitative estimate of drug-likeness (QED) is 0.0648. The summed E-state index contributed by atoms with van der Waals surface area (Å²) in [6.45, 7) is 1.67. The number of nitrogens with zero attached hydrogens (tertiary/aromatic N) is 4. The Labute approximate surface area is 346 Å². The van der Waals surface area contributed by atoms with Gasteiger partial charge in [-0.15, -0.1) is 0 Å². The molecule has 3 aromatic carbocycles. The van der Waals surface area contributed by atoms with E-state index in [-0.39, 0.29) is 61.2 Å². The van der Waals surface area contributed by atoms with Gasteiger partial charge >= 0.3 is 24.1 Å². The Morgan fingerprint density at radius 3 is 2.15 bits per heavy atom. The van der Waals surface area contributed by atoms with E-state index in [4.69, 9.17) is 4.74 Å². The van der Waals surface area contributed by atoms with Gasteiger partial charge in [-0.2, -0.15) is 13.2 Å². The number of amides is 4. The van der Waals surface area contributed by atoms with Crippen LogP contribution in [0.1, 0.15) is 63.8 Å². The molecule has 4 atom stereocenters. The average molecular weight is 846 g/mol. The van der Waals surface area contributed by atoms with Gasteiger partial charge in [-0.05, 0) is 41.8 Å². The van der Waals surface area contributed by atoms with Crippen LogP contribution >= 0.6 is 0 Å². The van der Waals surface area contributed by atoms with E-state index < -0.39 is 60.3 Å². The number of carbonyl (C=O) groups is 5. The predicted octanol–water partition coefficient (Wildman–Crippen LogP) is 4.08. The number of ether oxygens (including phenoxy) is 2. The highest BCUT2D eigenvalue weighted by Crippen LogP contribution is 2.37. The lowest BCUT2D eigenvalue weighted by molar-refractivity contribution is -0.209. The molecule has 1 saturated carbocycles. The monoisotopic (exact) mass is 845 g/mol. The molecule has 1 aliphatic rings. The molecule has 0 bridgehead atoms. The van der Waals surface area contributed by atoms with Gasteiger partial charge in [-0.3, -0.25) is 9.59 Å². The number of urea groups is 1. The van der Waals surface area contributed by atoms with E-state index in [1.807, 2.05) is 60.7 Å². The van der Waals surface area contributed by atoms with E-state index in [0.29, 0.717) is 11.3 Å². The molecule has 17 nitrogen and oxygen atoms in total. The molecule has 0 saturated heterocycles. The Bertz CT molecular complexity index is 2310. The molecule has 0 spiro atoms. The summed E-state index contributed by atoms with van der Waals surface area (Å²) >= 11 is 0. The third kappa shape index (κ3) is 10.6. The first-order valence-corrected chi connectivity index (χ1v) is 19.1. The van der Waals surface area contributed by atoms with E-state index in [1.165, 1.54) is 49.2 Å². The zero-order valence-electron chi connectivity index (χ0n) is 32.8. The van der Waals surface area contributed by atoms with E-state index in [9.17, 15) is 42.3 Å². The van der Waals surface area contributed by atoms with Crippen LogP contribution in [-0.2, 0) is 19.1 Å². The lowest BCUT2D eigenvalue weighted by Gasteiger charge is -2.24. The Morgan fingerprint density at radius 2 is 1.54 bits per heavy atom. The average Bonchev–Trinajstić information content (AvgIpc) is 3.82. The number of aliphatic hydroxyl groups is 1. The summed E-state index contributed by atoms with van der Waals surface area (Å²) in [5.41, 5.74) is 2.78. The van der Waals surface area contributed by atoms with Crippen molar-refractivity contribution in [3.8, 4) is 0 Å². The normalized spacial score (nSPS) is 17.4. The van der Waals surface area contributed by atoms with Gasteiger partial charge in [0.2, 0.25) is 11.7 Å². The van der Waals surface area contributed by atoms with Crippen LogP contribution in [0.4, 0.5) is 29.5 Å². The van der Waals surface area contributed by atoms with Gasteiger partial charge in [-0.1, -0.05) is 67.6 Å². The summed E-state index contributed by atoms with van der Waals surface area (Å²) in [6.07, 6.45) is -7.91. The van der Waals surface area contributed by atoms with E-state index in [1.54, 1.807) is 0 Å². The lowest BCUT2D eigenvalue weighted by atomic mass is 9.91. The van der Waals surface area contributed by atoms with Gasteiger partial charge in [-0.25, -0.2) is 29.3 Å². The van der Waals surface area contributed by atoms with Crippen molar-refractivity contribution < 1.29 is 51.7 Å². The number of imidazole rings is 1. The standard InChI is InChI=1S/C41H42F3N9O8/c1-3-30(54)50-28-20-29(32(55)33(28)61-39(58)41(42,43)44)53-22-48-31-34(47-21-27(23-10-6-4-7-11-23)24-12-8-5-9-13-24)51-35(52-36(31)53)37(56)45-18-19-46-40(59)49-26-16-14-25(15-17-26)38(57)60-2/h4-17,22,27-29,32-33,55H,3,18-21H2,1-2H3,(H,45,56)(H,50,54)(H2,46,49,59)(H,47,51,52)/t28-,29+,32-,33+/m0/s1. The largest absolute Gasteiger partial charge is 0.490 e. The maximum Gasteiger partial charge on any atom is 0.490 e. The highest BCUT2D eigenvalue weighted by molar-refractivity contribution is 5.95. The molecular weight excluding hydrogens is 804 g/mol. The number of hydrogen-bond donors (Lipinski definition) is 6. The van der Waals surface area contributed by atoms with Crippen molar-refractivity contribution in [1.29, 1.82) is 0 Å². The van der Waals surface area contributed by atoms with Crippen LogP contribution in [0.25, 0.3) is 11.2 Å². The second kappa shape index (κ2) is 19.3. The molecule has 2 heterocycles. The summed E-state index contributed by atoms with van der Waals surface area (Å²) < 4.78 is 50.6. The molecule has 1 aliphatic carbocycles. The Kier molecular flexibility index (Phi) is 13.8. The molecule has 0 unspecified atom stereocenters. The van der Waals surface area contributed by atoms with Gasteiger partial charge in [0.05, 0.1) is 31.1 Å². The summed E-state index contributed by atoms with van der Waals surface area (Å²) in [5, 5.41) is 25.1. The van der Waals surface area contributed by atoms with Crippen molar-refractivity contribution in [2.24, 2.45) is 0 Å². The first-order valence-electron chi connectivity index (χ1n) is 19.1. The third-order valence-corrected chi connectivity index (χ3v) is 9.88. The van der Waals surface area contributed by atoms with Crippen molar-refractivity contribution >= 4 is 52.5 Å². The SMILES string of the molecule is CCC(=O)N[C@H]1C[C@@H](n2cnc3c(NCC(c4ccccc4)c4ccccc4)nc(C(=O)NCCNC(=O)Nc4ccc(C(=O)OC)cc4)nc32)[C@H](O)[C@@H]1OC(=O)C(F)(F)F. The zero-order valence-corrected chi connectivity index (χ0v) is 32.8. The number of carbonyl (C=O) groups excluding carboxylic acids is 5. The fraction of sp³-hybridized carbons (Fsp3) is 0.317.